The predicted molar refractivity (Wildman–Crippen MR) is 122 cm³/mol. The number of hydrogen-bond acceptors (Lipinski definition) is 6. The number of nitrogens with zero attached hydrogens (tertiary/aromatic N) is 5. The van der Waals surface area contributed by atoms with Gasteiger partial charge in [-0.1, -0.05) is 18.7 Å². The fraction of sp³-hybridized carbons (Fsp3) is 0.167. The number of nitrogen functional groups attached to an aromatic ring is 1. The van der Waals surface area contributed by atoms with Crippen molar-refractivity contribution in [2.75, 3.05) is 18.8 Å². The second kappa shape index (κ2) is 8.54. The highest BCUT2D eigenvalue weighted by molar-refractivity contribution is 5.98. The monoisotopic (exact) mass is 462 g/mol. The van der Waals surface area contributed by atoms with Crippen LogP contribution in [0.2, 0.25) is 0 Å². The summed E-state index contributed by atoms with van der Waals surface area (Å²) in [5.41, 5.74) is 7.03. The molecule has 1 aliphatic rings. The molecular formula is C24H20F2N6O2. The van der Waals surface area contributed by atoms with E-state index in [2.05, 4.69) is 21.6 Å². The van der Waals surface area contributed by atoms with Gasteiger partial charge in [0.15, 0.2) is 17.2 Å². The van der Waals surface area contributed by atoms with E-state index in [0.29, 0.717) is 30.5 Å². The lowest BCUT2D eigenvalue weighted by atomic mass is 10.1. The smallest absolute Gasteiger partial charge is 0.246 e. The Morgan fingerprint density at radius 3 is 2.76 bits per heavy atom. The maximum atomic E-state index is 15.2. The van der Waals surface area contributed by atoms with Crippen LogP contribution in [0.15, 0.2) is 61.4 Å². The van der Waals surface area contributed by atoms with Crippen molar-refractivity contribution in [3.63, 3.8) is 0 Å². The lowest BCUT2D eigenvalue weighted by molar-refractivity contribution is -0.125. The molecule has 0 bridgehead atoms. The second-order valence-corrected chi connectivity index (χ2v) is 7.86. The molecule has 8 nitrogen and oxygen atoms in total. The maximum Gasteiger partial charge on any atom is 0.246 e. The molecule has 3 heterocycles. The van der Waals surface area contributed by atoms with Gasteiger partial charge in [0.1, 0.15) is 29.4 Å². The van der Waals surface area contributed by atoms with Crippen LogP contribution >= 0.6 is 0 Å². The molecule has 4 aromatic rings. The number of likely N-dealkylation sites (tertiary alicyclic amines) is 1. The van der Waals surface area contributed by atoms with Crippen molar-refractivity contribution in [2.24, 2.45) is 0 Å². The van der Waals surface area contributed by atoms with Crippen LogP contribution in [-0.2, 0) is 4.79 Å². The zero-order chi connectivity index (χ0) is 23.8. The molecule has 172 valence electrons. The Kier molecular flexibility index (Phi) is 5.40. The molecule has 0 aliphatic carbocycles. The van der Waals surface area contributed by atoms with Crippen molar-refractivity contribution in [3.05, 3.63) is 73.1 Å². The summed E-state index contributed by atoms with van der Waals surface area (Å²) in [5.74, 6) is -1.06. The van der Waals surface area contributed by atoms with E-state index in [1.807, 2.05) is 0 Å². The average molecular weight is 462 g/mol. The summed E-state index contributed by atoms with van der Waals surface area (Å²) in [4.78, 5) is 22.1. The molecule has 0 radical (unpaired) electrons. The number of benzene rings is 2. The topological polar surface area (TPSA) is 99.2 Å². The summed E-state index contributed by atoms with van der Waals surface area (Å²) < 4.78 is 36.3. The molecule has 10 heteroatoms. The SMILES string of the molecule is C=CC(=O)N1CC[C@@H](n2nc(-c3ccc(Oc4ccccc4F)cc3F)c3c(N)ncnc32)C1. The number of fused-ring (bicyclic) bond motifs is 1. The molecule has 1 aliphatic heterocycles. The Morgan fingerprint density at radius 2 is 2.00 bits per heavy atom. The second-order valence-electron chi connectivity index (χ2n) is 7.86. The number of aromatic nitrogens is 4. The molecule has 34 heavy (non-hydrogen) atoms. The Balaban J connectivity index is 1.54. The largest absolute Gasteiger partial charge is 0.454 e. The van der Waals surface area contributed by atoms with E-state index in [9.17, 15) is 9.18 Å². The van der Waals surface area contributed by atoms with Crippen molar-refractivity contribution >= 4 is 22.8 Å². The van der Waals surface area contributed by atoms with Crippen LogP contribution in [0.1, 0.15) is 12.5 Å². The minimum Gasteiger partial charge on any atom is -0.454 e. The van der Waals surface area contributed by atoms with Gasteiger partial charge in [-0.2, -0.15) is 5.10 Å². The first-order valence-corrected chi connectivity index (χ1v) is 10.6. The molecule has 2 N–H and O–H groups in total. The minimum absolute atomic E-state index is 0.0121. The van der Waals surface area contributed by atoms with E-state index < -0.39 is 11.6 Å². The summed E-state index contributed by atoms with van der Waals surface area (Å²) in [5, 5.41) is 5.05. The third kappa shape index (κ3) is 3.72. The molecule has 2 aromatic heterocycles. The number of para-hydroxylation sites is 1. The first kappa shape index (κ1) is 21.5. The van der Waals surface area contributed by atoms with Gasteiger partial charge < -0.3 is 15.4 Å². The Morgan fingerprint density at radius 1 is 1.18 bits per heavy atom. The van der Waals surface area contributed by atoms with E-state index >= 15 is 4.39 Å². The number of ether oxygens (including phenoxy) is 1. The first-order chi connectivity index (χ1) is 16.5. The quantitative estimate of drug-likeness (QED) is 0.448. The van der Waals surface area contributed by atoms with Gasteiger partial charge in [-0.25, -0.2) is 23.4 Å². The highest BCUT2D eigenvalue weighted by atomic mass is 19.1. The van der Waals surface area contributed by atoms with Crippen LogP contribution < -0.4 is 10.5 Å². The van der Waals surface area contributed by atoms with Crippen molar-refractivity contribution in [1.82, 2.24) is 24.6 Å². The normalized spacial score (nSPS) is 15.6. The van der Waals surface area contributed by atoms with Gasteiger partial charge in [-0.05, 0) is 36.8 Å². The molecular weight excluding hydrogens is 442 g/mol. The number of halogens is 2. The van der Waals surface area contributed by atoms with E-state index in [1.165, 1.54) is 42.7 Å². The average Bonchev–Trinajstić information content (AvgIpc) is 3.46. The molecule has 2 aromatic carbocycles. The van der Waals surface area contributed by atoms with Crippen LogP contribution in [0.4, 0.5) is 14.6 Å². The number of nitrogens with two attached hydrogens (primary N) is 1. The third-order valence-electron chi connectivity index (χ3n) is 5.77. The predicted octanol–water partition coefficient (Wildman–Crippen LogP) is 4.11. The zero-order valence-electron chi connectivity index (χ0n) is 18.0. The number of hydrogen-bond donors (Lipinski definition) is 1. The van der Waals surface area contributed by atoms with Gasteiger partial charge in [0.25, 0.3) is 0 Å². The van der Waals surface area contributed by atoms with E-state index in [4.69, 9.17) is 10.5 Å². The fourth-order valence-corrected chi connectivity index (χ4v) is 4.12. The number of carbonyl (C=O) groups is 1. The standard InChI is InChI=1S/C24H20F2N6O2/c1-2-20(33)31-10-9-14(12-31)32-24-21(23(27)28-13-29-24)22(30-32)16-8-7-15(11-18(16)26)34-19-6-4-3-5-17(19)25/h2-8,11,13-14H,1,9-10,12H2,(H2,27,28,29)/t14-/m1/s1. The van der Waals surface area contributed by atoms with E-state index in [0.717, 1.165) is 6.07 Å². The Labute approximate surface area is 193 Å². The van der Waals surface area contributed by atoms with E-state index in [-0.39, 0.29) is 40.5 Å². The summed E-state index contributed by atoms with van der Waals surface area (Å²) in [7, 11) is 0. The molecule has 0 spiro atoms. The molecule has 1 atom stereocenters. The maximum absolute atomic E-state index is 15.2. The summed E-state index contributed by atoms with van der Waals surface area (Å²) in [6.45, 7) is 4.50. The van der Waals surface area contributed by atoms with Crippen LogP contribution in [0.3, 0.4) is 0 Å². The van der Waals surface area contributed by atoms with Crippen LogP contribution in [0.5, 0.6) is 11.5 Å². The number of anilines is 1. The molecule has 5 rings (SSSR count). The first-order valence-electron chi connectivity index (χ1n) is 10.6. The lowest BCUT2D eigenvalue weighted by Gasteiger charge is -2.14. The summed E-state index contributed by atoms with van der Waals surface area (Å²) >= 11 is 0. The summed E-state index contributed by atoms with van der Waals surface area (Å²) in [6.07, 6.45) is 3.25. The van der Waals surface area contributed by atoms with E-state index in [1.54, 1.807) is 15.6 Å². The van der Waals surface area contributed by atoms with Gasteiger partial charge in [-0.3, -0.25) is 4.79 Å². The molecule has 0 unspecified atom stereocenters. The van der Waals surface area contributed by atoms with Crippen molar-refractivity contribution < 1.29 is 18.3 Å². The van der Waals surface area contributed by atoms with Gasteiger partial charge in [0.05, 0.1) is 11.4 Å². The highest BCUT2D eigenvalue weighted by Gasteiger charge is 2.30. The third-order valence-corrected chi connectivity index (χ3v) is 5.77. The Hall–Kier alpha value is -4.34. The molecule has 0 saturated carbocycles. The summed E-state index contributed by atoms with van der Waals surface area (Å²) in [6, 6.07) is 9.88. The molecule has 1 amide bonds. The molecule has 1 fully saturated rings. The number of rotatable bonds is 5. The van der Waals surface area contributed by atoms with Gasteiger partial charge in [0, 0.05) is 24.7 Å². The Bertz CT molecular complexity index is 1420. The minimum atomic E-state index is -0.626. The lowest BCUT2D eigenvalue weighted by Crippen LogP contribution is -2.27. The number of amides is 1. The number of carbonyl (C=O) groups excluding carboxylic acids is 1. The van der Waals surface area contributed by atoms with Gasteiger partial charge in [-0.15, -0.1) is 0 Å². The zero-order valence-corrected chi connectivity index (χ0v) is 18.0. The van der Waals surface area contributed by atoms with Crippen LogP contribution in [0, 0.1) is 11.6 Å². The van der Waals surface area contributed by atoms with Gasteiger partial charge in [0.2, 0.25) is 5.91 Å². The van der Waals surface area contributed by atoms with Crippen molar-refractivity contribution in [1.29, 1.82) is 0 Å². The molecule has 1 saturated heterocycles. The van der Waals surface area contributed by atoms with Crippen molar-refractivity contribution in [2.45, 2.75) is 12.5 Å². The van der Waals surface area contributed by atoms with Gasteiger partial charge >= 0.3 is 0 Å². The highest BCUT2D eigenvalue weighted by Crippen LogP contribution is 2.36. The van der Waals surface area contributed by atoms with Crippen LogP contribution in [-0.4, -0.2) is 43.6 Å². The van der Waals surface area contributed by atoms with Crippen molar-refractivity contribution in [3.8, 4) is 22.8 Å². The fourth-order valence-electron chi connectivity index (χ4n) is 4.12. The van der Waals surface area contributed by atoms with Crippen LogP contribution in [0.25, 0.3) is 22.3 Å².